The summed E-state index contributed by atoms with van der Waals surface area (Å²) in [5.74, 6) is -1.29. The second-order valence-electron chi connectivity index (χ2n) is 3.97. The lowest BCUT2D eigenvalue weighted by molar-refractivity contribution is 0.0690. The summed E-state index contributed by atoms with van der Waals surface area (Å²) in [5, 5.41) is 11.7. The molecule has 1 heterocycles. The quantitative estimate of drug-likeness (QED) is 0.882. The van der Waals surface area contributed by atoms with E-state index in [0.29, 0.717) is 11.3 Å². The highest BCUT2D eigenvalue weighted by Crippen LogP contribution is 2.10. The number of aromatic carboxylic acids is 1. The second-order valence-corrected chi connectivity index (χ2v) is 3.97. The van der Waals surface area contributed by atoms with Crippen molar-refractivity contribution in [2.75, 3.05) is 5.32 Å². The van der Waals surface area contributed by atoms with Gasteiger partial charge >= 0.3 is 5.97 Å². The van der Waals surface area contributed by atoms with Crippen LogP contribution in [0.2, 0.25) is 0 Å². The normalized spacial score (nSPS) is 10.2. The fourth-order valence-electron chi connectivity index (χ4n) is 1.57. The number of anilines is 1. The number of nitrogens with one attached hydrogen (secondary N) is 1. The van der Waals surface area contributed by atoms with E-state index in [0.717, 1.165) is 0 Å². The van der Waals surface area contributed by atoms with Crippen molar-refractivity contribution in [3.05, 3.63) is 53.1 Å². The smallest absolute Gasteiger partial charge is 0.354 e. The van der Waals surface area contributed by atoms with Gasteiger partial charge in [0.2, 0.25) is 5.95 Å². The first-order valence-electron chi connectivity index (χ1n) is 5.62. The van der Waals surface area contributed by atoms with Gasteiger partial charge in [0, 0.05) is 17.8 Å². The first-order valence-corrected chi connectivity index (χ1v) is 5.62. The molecule has 0 spiro atoms. The maximum absolute atomic E-state index is 13.4. The molecule has 0 unspecified atom stereocenters. The number of hydrogen-bond donors (Lipinski definition) is 2. The molecule has 0 bridgehead atoms. The zero-order valence-electron chi connectivity index (χ0n) is 10.2. The number of carboxylic acids is 1. The fourth-order valence-corrected chi connectivity index (χ4v) is 1.57. The molecule has 98 valence electrons. The van der Waals surface area contributed by atoms with Gasteiger partial charge in [-0.25, -0.2) is 19.2 Å². The van der Waals surface area contributed by atoms with Crippen molar-refractivity contribution < 1.29 is 14.3 Å². The van der Waals surface area contributed by atoms with Crippen LogP contribution < -0.4 is 5.32 Å². The van der Waals surface area contributed by atoms with E-state index in [1.807, 2.05) is 0 Å². The Morgan fingerprint density at radius 1 is 1.37 bits per heavy atom. The molecule has 0 atom stereocenters. The predicted molar refractivity (Wildman–Crippen MR) is 67.5 cm³/mol. The van der Waals surface area contributed by atoms with Gasteiger partial charge in [-0.1, -0.05) is 18.2 Å². The summed E-state index contributed by atoms with van der Waals surface area (Å²) in [6, 6.07) is 7.69. The van der Waals surface area contributed by atoms with Crippen molar-refractivity contribution in [1.82, 2.24) is 9.97 Å². The number of rotatable bonds is 4. The molecule has 0 saturated heterocycles. The maximum atomic E-state index is 13.4. The number of benzene rings is 1. The van der Waals surface area contributed by atoms with Crippen molar-refractivity contribution in [2.45, 2.75) is 13.5 Å². The summed E-state index contributed by atoms with van der Waals surface area (Å²) in [5.41, 5.74) is 0.899. The molecule has 2 rings (SSSR count). The summed E-state index contributed by atoms with van der Waals surface area (Å²) >= 11 is 0. The molecule has 1 aromatic heterocycles. The Bertz CT molecular complexity index is 617. The zero-order valence-corrected chi connectivity index (χ0v) is 10.2. The van der Waals surface area contributed by atoms with Crippen LogP contribution in [-0.4, -0.2) is 21.0 Å². The minimum absolute atomic E-state index is 0.0940. The molecular formula is C13H12FN3O2. The van der Waals surface area contributed by atoms with Crippen molar-refractivity contribution >= 4 is 11.9 Å². The van der Waals surface area contributed by atoms with Gasteiger partial charge in [0.1, 0.15) is 5.82 Å². The number of carboxylic acid groups (broad SMARTS) is 1. The molecule has 0 aliphatic heterocycles. The van der Waals surface area contributed by atoms with Crippen LogP contribution in [0.5, 0.6) is 0 Å². The fraction of sp³-hybridized carbons (Fsp3) is 0.154. The Kier molecular flexibility index (Phi) is 3.70. The van der Waals surface area contributed by atoms with Crippen LogP contribution in [-0.2, 0) is 6.54 Å². The van der Waals surface area contributed by atoms with E-state index in [-0.39, 0.29) is 24.0 Å². The molecule has 2 aromatic rings. The summed E-state index contributed by atoms with van der Waals surface area (Å²) in [6.07, 6.45) is 0. The van der Waals surface area contributed by atoms with Gasteiger partial charge in [-0.2, -0.15) is 0 Å². The summed E-state index contributed by atoms with van der Waals surface area (Å²) in [4.78, 5) is 18.7. The minimum Gasteiger partial charge on any atom is -0.477 e. The highest BCUT2D eigenvalue weighted by molar-refractivity contribution is 5.85. The highest BCUT2D eigenvalue weighted by atomic mass is 19.1. The largest absolute Gasteiger partial charge is 0.477 e. The Morgan fingerprint density at radius 2 is 2.11 bits per heavy atom. The third-order valence-corrected chi connectivity index (χ3v) is 2.47. The van der Waals surface area contributed by atoms with Gasteiger partial charge in [-0.15, -0.1) is 0 Å². The van der Waals surface area contributed by atoms with Gasteiger partial charge in [-0.05, 0) is 19.1 Å². The molecule has 0 aliphatic rings. The first kappa shape index (κ1) is 12.9. The SMILES string of the molecule is Cc1cc(C(=O)O)nc(NCc2ccccc2F)n1. The Labute approximate surface area is 109 Å². The van der Waals surface area contributed by atoms with E-state index in [1.54, 1.807) is 25.1 Å². The van der Waals surface area contributed by atoms with Crippen LogP contribution in [0.3, 0.4) is 0 Å². The molecule has 5 nitrogen and oxygen atoms in total. The number of halogens is 1. The van der Waals surface area contributed by atoms with E-state index >= 15 is 0 Å². The van der Waals surface area contributed by atoms with Crippen molar-refractivity contribution in [2.24, 2.45) is 0 Å². The molecule has 0 aliphatic carbocycles. The zero-order chi connectivity index (χ0) is 13.8. The minimum atomic E-state index is -1.13. The van der Waals surface area contributed by atoms with E-state index in [9.17, 15) is 9.18 Å². The third kappa shape index (κ3) is 3.25. The summed E-state index contributed by atoms with van der Waals surface area (Å²) in [7, 11) is 0. The Morgan fingerprint density at radius 3 is 2.79 bits per heavy atom. The molecule has 1 aromatic carbocycles. The summed E-state index contributed by atoms with van der Waals surface area (Å²) < 4.78 is 13.4. The van der Waals surface area contributed by atoms with Crippen molar-refractivity contribution in [3.8, 4) is 0 Å². The number of aromatic nitrogens is 2. The molecule has 19 heavy (non-hydrogen) atoms. The van der Waals surface area contributed by atoms with Crippen LogP contribution in [0.4, 0.5) is 10.3 Å². The van der Waals surface area contributed by atoms with Crippen molar-refractivity contribution in [3.63, 3.8) is 0 Å². The van der Waals surface area contributed by atoms with Crippen LogP contribution in [0.1, 0.15) is 21.7 Å². The van der Waals surface area contributed by atoms with Gasteiger partial charge in [0.15, 0.2) is 5.69 Å². The molecule has 0 amide bonds. The molecular weight excluding hydrogens is 249 g/mol. The van der Waals surface area contributed by atoms with Crippen molar-refractivity contribution in [1.29, 1.82) is 0 Å². The van der Waals surface area contributed by atoms with Gasteiger partial charge in [0.25, 0.3) is 0 Å². The molecule has 0 radical (unpaired) electrons. The van der Waals surface area contributed by atoms with Gasteiger partial charge < -0.3 is 10.4 Å². The van der Waals surface area contributed by atoms with E-state index in [2.05, 4.69) is 15.3 Å². The standard InChI is InChI=1S/C13H12FN3O2/c1-8-6-11(12(18)19)17-13(16-8)15-7-9-4-2-3-5-10(9)14/h2-6H,7H2,1H3,(H,18,19)(H,15,16,17). The lowest BCUT2D eigenvalue weighted by Gasteiger charge is -2.07. The average Bonchev–Trinajstić information content (AvgIpc) is 2.37. The molecule has 6 heteroatoms. The third-order valence-electron chi connectivity index (χ3n) is 2.47. The second kappa shape index (κ2) is 5.43. The van der Waals surface area contributed by atoms with Gasteiger partial charge in [-0.3, -0.25) is 0 Å². The topological polar surface area (TPSA) is 75.1 Å². The number of nitrogens with zero attached hydrogens (tertiary/aromatic N) is 2. The molecule has 0 fully saturated rings. The van der Waals surface area contributed by atoms with Crippen LogP contribution in [0, 0.1) is 12.7 Å². The highest BCUT2D eigenvalue weighted by Gasteiger charge is 2.09. The predicted octanol–water partition coefficient (Wildman–Crippen LogP) is 2.23. The van der Waals surface area contributed by atoms with E-state index in [1.165, 1.54) is 12.1 Å². The monoisotopic (exact) mass is 261 g/mol. The van der Waals surface area contributed by atoms with Gasteiger partial charge in [0.05, 0.1) is 0 Å². The number of aryl methyl sites for hydroxylation is 1. The number of hydrogen-bond acceptors (Lipinski definition) is 4. The van der Waals surface area contributed by atoms with E-state index < -0.39 is 5.97 Å². The van der Waals surface area contributed by atoms with Crippen LogP contribution in [0.15, 0.2) is 30.3 Å². The summed E-state index contributed by atoms with van der Waals surface area (Å²) in [6.45, 7) is 1.86. The van der Waals surface area contributed by atoms with E-state index in [4.69, 9.17) is 5.11 Å². The lowest BCUT2D eigenvalue weighted by Crippen LogP contribution is -2.09. The number of carbonyl (C=O) groups is 1. The van der Waals surface area contributed by atoms with Crippen LogP contribution >= 0.6 is 0 Å². The Hall–Kier alpha value is -2.50. The van der Waals surface area contributed by atoms with Crippen LogP contribution in [0.25, 0.3) is 0 Å². The first-order chi connectivity index (χ1) is 9.06. The molecule has 0 saturated carbocycles. The average molecular weight is 261 g/mol. The lowest BCUT2D eigenvalue weighted by atomic mass is 10.2. The Balaban J connectivity index is 2.16. The maximum Gasteiger partial charge on any atom is 0.354 e. The molecule has 2 N–H and O–H groups in total.